The van der Waals surface area contributed by atoms with Crippen LogP contribution in [0.3, 0.4) is 0 Å². The maximum atomic E-state index is 12.6. The minimum Gasteiger partial charge on any atom is -0.340 e. The van der Waals surface area contributed by atoms with Crippen LogP contribution in [0.15, 0.2) is 24.3 Å². The van der Waals surface area contributed by atoms with E-state index in [0.717, 1.165) is 18.9 Å². The summed E-state index contributed by atoms with van der Waals surface area (Å²) in [6, 6.07) is 6.96. The van der Waals surface area contributed by atoms with E-state index in [4.69, 9.17) is 11.6 Å². The second-order valence-electron chi connectivity index (χ2n) is 6.61. The fourth-order valence-electron chi connectivity index (χ4n) is 2.96. The largest absolute Gasteiger partial charge is 0.340 e. The zero-order valence-electron chi connectivity index (χ0n) is 14.2. The van der Waals surface area contributed by atoms with Gasteiger partial charge < -0.3 is 15.1 Å². The molecule has 1 saturated carbocycles. The van der Waals surface area contributed by atoms with E-state index in [1.807, 2.05) is 9.80 Å². The highest BCUT2D eigenvalue weighted by molar-refractivity contribution is 6.30. The number of hydrogen-bond acceptors (Lipinski definition) is 3. The van der Waals surface area contributed by atoms with E-state index in [2.05, 4.69) is 5.32 Å². The quantitative estimate of drug-likeness (QED) is 0.846. The molecule has 0 atom stereocenters. The lowest BCUT2D eigenvalue weighted by Crippen LogP contribution is -2.41. The lowest BCUT2D eigenvalue weighted by atomic mass is 10.2. The Morgan fingerprint density at radius 3 is 2.36 bits per heavy atom. The summed E-state index contributed by atoms with van der Waals surface area (Å²) in [5, 5.41) is 3.87. The molecule has 0 bridgehead atoms. The molecular formula is C18H25Cl2N3O2. The van der Waals surface area contributed by atoms with E-state index in [0.29, 0.717) is 43.3 Å². The summed E-state index contributed by atoms with van der Waals surface area (Å²) < 4.78 is 0. The van der Waals surface area contributed by atoms with Crippen molar-refractivity contribution < 1.29 is 9.59 Å². The summed E-state index contributed by atoms with van der Waals surface area (Å²) in [5.74, 6) is 0.915. The second kappa shape index (κ2) is 9.41. The number of rotatable bonds is 5. The number of carbonyl (C=O) groups excluding carboxylic acids is 2. The van der Waals surface area contributed by atoms with Crippen LogP contribution in [-0.4, -0.2) is 60.9 Å². The van der Waals surface area contributed by atoms with Crippen molar-refractivity contribution in [2.75, 3.05) is 39.3 Å². The predicted octanol–water partition coefficient (Wildman–Crippen LogP) is 2.44. The molecule has 138 valence electrons. The zero-order chi connectivity index (χ0) is 16.9. The Morgan fingerprint density at radius 1 is 1.04 bits per heavy atom. The first kappa shape index (κ1) is 20.0. The van der Waals surface area contributed by atoms with Crippen LogP contribution in [0.25, 0.3) is 0 Å². The standard InChI is InChI=1S/C18H24ClN3O2.ClH/c19-16-6-4-15(5-7-16)18(24)22-9-1-8-21(10-11-22)17(23)13-20-12-14-2-3-14;/h4-7,14,20H,1-3,8-13H2;1H. The van der Waals surface area contributed by atoms with E-state index >= 15 is 0 Å². The van der Waals surface area contributed by atoms with Gasteiger partial charge in [0.15, 0.2) is 0 Å². The third kappa shape index (κ3) is 5.87. The molecule has 2 fully saturated rings. The molecule has 7 heteroatoms. The average Bonchev–Trinajstić information content (AvgIpc) is 3.41. The Labute approximate surface area is 160 Å². The summed E-state index contributed by atoms with van der Waals surface area (Å²) in [6.07, 6.45) is 3.38. The van der Waals surface area contributed by atoms with E-state index in [1.165, 1.54) is 12.8 Å². The van der Waals surface area contributed by atoms with Crippen molar-refractivity contribution in [1.29, 1.82) is 0 Å². The van der Waals surface area contributed by atoms with Gasteiger partial charge in [0.25, 0.3) is 5.91 Å². The highest BCUT2D eigenvalue weighted by atomic mass is 35.5. The van der Waals surface area contributed by atoms with Crippen LogP contribution >= 0.6 is 24.0 Å². The van der Waals surface area contributed by atoms with Gasteiger partial charge in [0, 0.05) is 36.8 Å². The third-order valence-corrected chi connectivity index (χ3v) is 4.89. The molecule has 0 spiro atoms. The van der Waals surface area contributed by atoms with Gasteiger partial charge in [-0.2, -0.15) is 0 Å². The van der Waals surface area contributed by atoms with Gasteiger partial charge in [-0.1, -0.05) is 11.6 Å². The summed E-state index contributed by atoms with van der Waals surface area (Å²) >= 11 is 5.87. The van der Waals surface area contributed by atoms with Gasteiger partial charge in [0.05, 0.1) is 6.54 Å². The van der Waals surface area contributed by atoms with Gasteiger partial charge in [-0.15, -0.1) is 12.4 Å². The van der Waals surface area contributed by atoms with Crippen molar-refractivity contribution in [2.24, 2.45) is 5.92 Å². The molecule has 1 saturated heterocycles. The summed E-state index contributed by atoms with van der Waals surface area (Å²) in [4.78, 5) is 28.5. The van der Waals surface area contributed by atoms with Crippen LogP contribution in [0.4, 0.5) is 0 Å². The fraction of sp³-hybridized carbons (Fsp3) is 0.556. The number of amides is 2. The number of carbonyl (C=O) groups is 2. The Bertz CT molecular complexity index is 590. The van der Waals surface area contributed by atoms with Crippen molar-refractivity contribution in [2.45, 2.75) is 19.3 Å². The molecule has 3 rings (SSSR count). The Balaban J connectivity index is 0.00000225. The van der Waals surface area contributed by atoms with E-state index < -0.39 is 0 Å². The first-order chi connectivity index (χ1) is 11.6. The molecule has 1 aliphatic heterocycles. The molecule has 1 aliphatic carbocycles. The van der Waals surface area contributed by atoms with Crippen LogP contribution in [0.5, 0.6) is 0 Å². The number of nitrogens with one attached hydrogen (secondary N) is 1. The molecule has 1 heterocycles. The Morgan fingerprint density at radius 2 is 1.68 bits per heavy atom. The Kier molecular flexibility index (Phi) is 7.54. The van der Waals surface area contributed by atoms with Crippen LogP contribution in [0.2, 0.25) is 5.02 Å². The van der Waals surface area contributed by atoms with Gasteiger partial charge in [0.2, 0.25) is 5.91 Å². The lowest BCUT2D eigenvalue weighted by molar-refractivity contribution is -0.130. The lowest BCUT2D eigenvalue weighted by Gasteiger charge is -2.22. The monoisotopic (exact) mass is 385 g/mol. The number of nitrogens with zero attached hydrogens (tertiary/aromatic N) is 2. The SMILES string of the molecule is Cl.O=C(CNCC1CC1)N1CCCN(C(=O)c2ccc(Cl)cc2)CC1. The maximum absolute atomic E-state index is 12.6. The second-order valence-corrected chi connectivity index (χ2v) is 7.04. The van der Waals surface area contributed by atoms with Crippen LogP contribution in [-0.2, 0) is 4.79 Å². The summed E-state index contributed by atoms with van der Waals surface area (Å²) in [5.41, 5.74) is 0.644. The van der Waals surface area contributed by atoms with Crippen LogP contribution in [0.1, 0.15) is 29.6 Å². The minimum atomic E-state index is 0. The number of halogens is 2. The topological polar surface area (TPSA) is 52.7 Å². The van der Waals surface area contributed by atoms with Crippen molar-refractivity contribution in [3.05, 3.63) is 34.9 Å². The third-order valence-electron chi connectivity index (χ3n) is 4.63. The molecule has 2 amide bonds. The van der Waals surface area contributed by atoms with Crippen molar-refractivity contribution >= 4 is 35.8 Å². The van der Waals surface area contributed by atoms with E-state index in [-0.39, 0.29) is 24.2 Å². The smallest absolute Gasteiger partial charge is 0.253 e. The predicted molar refractivity (Wildman–Crippen MR) is 101 cm³/mol. The molecule has 1 aromatic carbocycles. The molecule has 0 aromatic heterocycles. The van der Waals surface area contributed by atoms with Crippen molar-refractivity contribution in [3.8, 4) is 0 Å². The number of benzene rings is 1. The van der Waals surface area contributed by atoms with Gasteiger partial charge in [-0.3, -0.25) is 9.59 Å². The fourth-order valence-corrected chi connectivity index (χ4v) is 3.09. The first-order valence-electron chi connectivity index (χ1n) is 8.67. The minimum absolute atomic E-state index is 0. The molecule has 1 N–H and O–H groups in total. The average molecular weight is 386 g/mol. The molecular weight excluding hydrogens is 361 g/mol. The highest BCUT2D eigenvalue weighted by Gasteiger charge is 2.24. The van der Waals surface area contributed by atoms with Gasteiger partial charge in [-0.05, 0) is 56.0 Å². The molecule has 2 aliphatic rings. The highest BCUT2D eigenvalue weighted by Crippen LogP contribution is 2.27. The molecule has 0 radical (unpaired) electrons. The number of hydrogen-bond donors (Lipinski definition) is 1. The zero-order valence-corrected chi connectivity index (χ0v) is 15.8. The normalized spacial score (nSPS) is 17.6. The van der Waals surface area contributed by atoms with Gasteiger partial charge >= 0.3 is 0 Å². The van der Waals surface area contributed by atoms with E-state index in [1.54, 1.807) is 24.3 Å². The Hall–Kier alpha value is -1.30. The molecule has 1 aromatic rings. The van der Waals surface area contributed by atoms with Gasteiger partial charge in [-0.25, -0.2) is 0 Å². The van der Waals surface area contributed by atoms with Crippen molar-refractivity contribution in [1.82, 2.24) is 15.1 Å². The van der Waals surface area contributed by atoms with Crippen LogP contribution < -0.4 is 5.32 Å². The molecule has 5 nitrogen and oxygen atoms in total. The van der Waals surface area contributed by atoms with E-state index in [9.17, 15) is 9.59 Å². The van der Waals surface area contributed by atoms with Gasteiger partial charge in [0.1, 0.15) is 0 Å². The summed E-state index contributed by atoms with van der Waals surface area (Å²) in [6.45, 7) is 3.93. The molecule has 0 unspecified atom stereocenters. The summed E-state index contributed by atoms with van der Waals surface area (Å²) in [7, 11) is 0. The van der Waals surface area contributed by atoms with Crippen molar-refractivity contribution in [3.63, 3.8) is 0 Å². The molecule has 25 heavy (non-hydrogen) atoms. The van der Waals surface area contributed by atoms with Crippen LogP contribution in [0, 0.1) is 5.92 Å². The first-order valence-corrected chi connectivity index (χ1v) is 9.04. The maximum Gasteiger partial charge on any atom is 0.253 e.